The minimum Gasteiger partial charge on any atom is -0.481 e. The molecule has 2 unspecified atom stereocenters. The largest absolute Gasteiger partial charge is 0.481 e. The van der Waals surface area contributed by atoms with Gasteiger partial charge >= 0.3 is 12.0 Å². The van der Waals surface area contributed by atoms with Crippen molar-refractivity contribution in [3.8, 4) is 0 Å². The van der Waals surface area contributed by atoms with E-state index in [1.165, 1.54) is 18.2 Å². The highest BCUT2D eigenvalue weighted by Crippen LogP contribution is 2.26. The van der Waals surface area contributed by atoms with E-state index in [1.807, 2.05) is 0 Å². The van der Waals surface area contributed by atoms with Gasteiger partial charge in [0, 0.05) is 10.5 Å². The van der Waals surface area contributed by atoms with E-state index in [-0.39, 0.29) is 6.04 Å². The van der Waals surface area contributed by atoms with Crippen LogP contribution in [0.2, 0.25) is 0 Å². The molecule has 0 aliphatic heterocycles. The smallest absolute Gasteiger partial charge is 0.319 e. The summed E-state index contributed by atoms with van der Waals surface area (Å²) < 4.78 is 13.4. The van der Waals surface area contributed by atoms with Gasteiger partial charge in [0.2, 0.25) is 0 Å². The van der Waals surface area contributed by atoms with Crippen LogP contribution in [0.5, 0.6) is 0 Å². The number of nitrogens with one attached hydrogen (secondary N) is 2. The summed E-state index contributed by atoms with van der Waals surface area (Å²) in [5.74, 6) is -1.85. The molecule has 0 radical (unpaired) electrons. The molecule has 1 aliphatic rings. The number of carbonyl (C=O) groups excluding carboxylic acids is 1. The zero-order valence-corrected chi connectivity index (χ0v) is 12.1. The fourth-order valence-corrected chi connectivity index (χ4v) is 2.80. The number of aliphatic carboxylic acids is 1. The summed E-state index contributed by atoms with van der Waals surface area (Å²) in [6.07, 6.45) is 2.00. The van der Waals surface area contributed by atoms with Crippen molar-refractivity contribution in [3.05, 3.63) is 28.5 Å². The number of carboxylic acids is 1. The van der Waals surface area contributed by atoms with Crippen molar-refractivity contribution in [2.24, 2.45) is 5.92 Å². The van der Waals surface area contributed by atoms with Crippen LogP contribution in [0.1, 0.15) is 19.3 Å². The lowest BCUT2D eigenvalue weighted by atomic mass is 10.0. The summed E-state index contributed by atoms with van der Waals surface area (Å²) in [6, 6.07) is 3.05. The number of anilines is 1. The lowest BCUT2D eigenvalue weighted by Crippen LogP contribution is -2.42. The number of rotatable bonds is 3. The number of hydrogen-bond donors (Lipinski definition) is 3. The molecule has 108 valence electrons. The van der Waals surface area contributed by atoms with Crippen molar-refractivity contribution in [1.82, 2.24) is 5.32 Å². The molecule has 7 heteroatoms. The van der Waals surface area contributed by atoms with Gasteiger partial charge in [-0.15, -0.1) is 0 Å². The number of benzene rings is 1. The zero-order chi connectivity index (χ0) is 14.7. The maximum atomic E-state index is 12.9. The van der Waals surface area contributed by atoms with Crippen molar-refractivity contribution in [3.63, 3.8) is 0 Å². The van der Waals surface area contributed by atoms with Crippen LogP contribution in [0.15, 0.2) is 22.7 Å². The van der Waals surface area contributed by atoms with Gasteiger partial charge in [0.25, 0.3) is 0 Å². The normalized spacial score (nSPS) is 21.5. The molecule has 1 aromatic carbocycles. The van der Waals surface area contributed by atoms with Gasteiger partial charge in [0.05, 0.1) is 11.6 Å². The van der Waals surface area contributed by atoms with Crippen LogP contribution in [0, 0.1) is 11.7 Å². The second-order valence-electron chi connectivity index (χ2n) is 4.70. The highest BCUT2D eigenvalue weighted by atomic mass is 79.9. The van der Waals surface area contributed by atoms with Crippen LogP contribution < -0.4 is 10.6 Å². The molecule has 5 nitrogen and oxygen atoms in total. The van der Waals surface area contributed by atoms with E-state index in [2.05, 4.69) is 26.6 Å². The number of amides is 2. The molecule has 2 amide bonds. The molecule has 0 heterocycles. The van der Waals surface area contributed by atoms with Gasteiger partial charge in [-0.1, -0.05) is 6.42 Å². The molecule has 0 bridgehead atoms. The van der Waals surface area contributed by atoms with Crippen LogP contribution in [-0.4, -0.2) is 23.1 Å². The van der Waals surface area contributed by atoms with E-state index in [1.54, 1.807) is 0 Å². The summed E-state index contributed by atoms with van der Waals surface area (Å²) >= 11 is 3.15. The second-order valence-corrected chi connectivity index (χ2v) is 5.56. The highest BCUT2D eigenvalue weighted by Gasteiger charge is 2.33. The summed E-state index contributed by atoms with van der Waals surface area (Å²) in [5.41, 5.74) is 0.425. The SMILES string of the molecule is O=C(Nc1ccc(F)cc1Br)NC1CCCC1C(=O)O. The van der Waals surface area contributed by atoms with Gasteiger partial charge in [-0.05, 0) is 47.0 Å². The minimum absolute atomic E-state index is 0.369. The van der Waals surface area contributed by atoms with E-state index in [0.717, 1.165) is 6.42 Å². The summed E-state index contributed by atoms with van der Waals surface area (Å²) in [7, 11) is 0. The van der Waals surface area contributed by atoms with Crippen molar-refractivity contribution < 1.29 is 19.1 Å². The van der Waals surface area contributed by atoms with Crippen LogP contribution in [0.25, 0.3) is 0 Å². The van der Waals surface area contributed by atoms with Gasteiger partial charge in [-0.3, -0.25) is 4.79 Å². The van der Waals surface area contributed by atoms with E-state index in [0.29, 0.717) is 23.0 Å². The Hall–Kier alpha value is -1.63. The number of carboxylic acid groups (broad SMARTS) is 1. The molecule has 3 N–H and O–H groups in total. The number of urea groups is 1. The Morgan fingerprint density at radius 1 is 1.35 bits per heavy atom. The van der Waals surface area contributed by atoms with Gasteiger partial charge in [-0.2, -0.15) is 0 Å². The first kappa shape index (κ1) is 14.8. The summed E-state index contributed by atoms with van der Waals surface area (Å²) in [5, 5.41) is 14.3. The third kappa shape index (κ3) is 3.47. The second kappa shape index (κ2) is 6.21. The van der Waals surface area contributed by atoms with Crippen molar-refractivity contribution in [1.29, 1.82) is 0 Å². The molecule has 1 fully saturated rings. The fourth-order valence-electron chi connectivity index (χ4n) is 2.35. The fraction of sp³-hybridized carbons (Fsp3) is 0.385. The van der Waals surface area contributed by atoms with Gasteiger partial charge in [0.1, 0.15) is 5.82 Å². The predicted octanol–water partition coefficient (Wildman–Crippen LogP) is 2.96. The molecule has 20 heavy (non-hydrogen) atoms. The predicted molar refractivity (Wildman–Crippen MR) is 75.0 cm³/mol. The van der Waals surface area contributed by atoms with Crippen molar-refractivity contribution in [2.45, 2.75) is 25.3 Å². The average Bonchev–Trinajstić information content (AvgIpc) is 2.81. The molecular formula is C13H14BrFN2O3. The molecule has 2 rings (SSSR count). The third-order valence-corrected chi connectivity index (χ3v) is 3.99. The molecule has 1 aliphatic carbocycles. The Bertz CT molecular complexity index is 538. The number of halogens is 2. The Balaban J connectivity index is 1.97. The number of carbonyl (C=O) groups is 2. The molecule has 0 spiro atoms. The lowest BCUT2D eigenvalue weighted by molar-refractivity contribution is -0.142. The first-order valence-electron chi connectivity index (χ1n) is 6.23. The minimum atomic E-state index is -0.893. The molecule has 1 saturated carbocycles. The van der Waals surface area contributed by atoms with E-state index < -0.39 is 23.7 Å². The quantitative estimate of drug-likeness (QED) is 0.788. The molecule has 0 aromatic heterocycles. The van der Waals surface area contributed by atoms with E-state index in [9.17, 15) is 14.0 Å². The Kier molecular flexibility index (Phi) is 4.59. The molecular weight excluding hydrogens is 331 g/mol. The Labute approximate surface area is 123 Å². The summed E-state index contributed by atoms with van der Waals surface area (Å²) in [4.78, 5) is 22.9. The summed E-state index contributed by atoms with van der Waals surface area (Å²) in [6.45, 7) is 0. The zero-order valence-electron chi connectivity index (χ0n) is 10.5. The van der Waals surface area contributed by atoms with Crippen molar-refractivity contribution >= 4 is 33.6 Å². The van der Waals surface area contributed by atoms with Crippen LogP contribution in [0.3, 0.4) is 0 Å². The molecule has 0 saturated heterocycles. The Morgan fingerprint density at radius 3 is 2.75 bits per heavy atom. The van der Waals surface area contributed by atoms with Crippen LogP contribution in [-0.2, 0) is 4.79 Å². The topological polar surface area (TPSA) is 78.4 Å². The van der Waals surface area contributed by atoms with Crippen LogP contribution >= 0.6 is 15.9 Å². The highest BCUT2D eigenvalue weighted by molar-refractivity contribution is 9.10. The molecule has 2 atom stereocenters. The molecule has 1 aromatic rings. The van der Waals surface area contributed by atoms with E-state index >= 15 is 0 Å². The third-order valence-electron chi connectivity index (χ3n) is 3.33. The van der Waals surface area contributed by atoms with Crippen molar-refractivity contribution in [2.75, 3.05) is 5.32 Å². The maximum absolute atomic E-state index is 12.9. The lowest BCUT2D eigenvalue weighted by Gasteiger charge is -2.18. The monoisotopic (exact) mass is 344 g/mol. The van der Waals surface area contributed by atoms with Gasteiger partial charge < -0.3 is 15.7 Å². The standard InChI is InChI=1S/C13H14BrFN2O3/c14-9-6-7(15)4-5-11(9)17-13(20)16-10-3-1-2-8(10)12(18)19/h4-6,8,10H,1-3H2,(H,18,19)(H2,16,17,20). The first-order chi connectivity index (χ1) is 9.47. The first-order valence-corrected chi connectivity index (χ1v) is 7.02. The maximum Gasteiger partial charge on any atom is 0.319 e. The van der Waals surface area contributed by atoms with Gasteiger partial charge in [0.15, 0.2) is 0 Å². The van der Waals surface area contributed by atoms with Crippen LogP contribution in [0.4, 0.5) is 14.9 Å². The van der Waals surface area contributed by atoms with Gasteiger partial charge in [-0.25, -0.2) is 9.18 Å². The Morgan fingerprint density at radius 2 is 2.10 bits per heavy atom. The average molecular weight is 345 g/mol. The number of hydrogen-bond acceptors (Lipinski definition) is 2. The van der Waals surface area contributed by atoms with E-state index in [4.69, 9.17) is 5.11 Å².